The molecule has 6 rings (SSSR count). The summed E-state index contributed by atoms with van der Waals surface area (Å²) in [6.07, 6.45) is 2.25. The molecule has 2 heterocycles. The van der Waals surface area contributed by atoms with Crippen molar-refractivity contribution in [2.45, 2.75) is 62.7 Å². The predicted octanol–water partition coefficient (Wildman–Crippen LogP) is 8.83. The summed E-state index contributed by atoms with van der Waals surface area (Å²) in [5.74, 6) is 0.450. The predicted molar refractivity (Wildman–Crippen MR) is 147 cm³/mol. The van der Waals surface area contributed by atoms with Crippen LogP contribution in [0.3, 0.4) is 0 Å². The highest BCUT2D eigenvalue weighted by atomic mass is 32.2. The fraction of sp³-hybridized carbons (Fsp3) is 0.281. The number of hydrogen-bond acceptors (Lipinski definition) is 1. The van der Waals surface area contributed by atoms with E-state index in [0.717, 1.165) is 0 Å². The van der Waals surface area contributed by atoms with Crippen molar-refractivity contribution < 1.29 is 4.57 Å². The molecule has 0 N–H and O–H groups in total. The van der Waals surface area contributed by atoms with Crippen LogP contribution < -0.4 is 4.57 Å². The molecule has 0 atom stereocenters. The Hall–Kier alpha value is -2.84. The van der Waals surface area contributed by atoms with Gasteiger partial charge < -0.3 is 0 Å². The van der Waals surface area contributed by atoms with E-state index in [9.17, 15) is 0 Å². The number of benzene rings is 4. The van der Waals surface area contributed by atoms with Gasteiger partial charge in [-0.05, 0) is 62.6 Å². The van der Waals surface area contributed by atoms with Crippen LogP contribution in [0.25, 0.3) is 43.6 Å². The van der Waals surface area contributed by atoms with Gasteiger partial charge in [-0.2, -0.15) is 0 Å². The molecular weight excluding hydrogens is 430 g/mol. The van der Waals surface area contributed by atoms with Crippen LogP contribution in [0.15, 0.2) is 70.6 Å². The fourth-order valence-corrected chi connectivity index (χ4v) is 7.31. The zero-order chi connectivity index (χ0) is 23.9. The second kappa shape index (κ2) is 7.33. The minimum Gasteiger partial charge on any atom is -0.200 e. The number of aryl methyl sites for hydroxylation is 2. The van der Waals surface area contributed by atoms with E-state index < -0.39 is 0 Å². The first-order valence-electron chi connectivity index (χ1n) is 12.3. The van der Waals surface area contributed by atoms with Crippen LogP contribution in [0.4, 0.5) is 0 Å². The van der Waals surface area contributed by atoms with Gasteiger partial charge in [0.2, 0.25) is 5.69 Å². The molecule has 0 unspecified atom stereocenters. The summed E-state index contributed by atoms with van der Waals surface area (Å²) in [6.45, 7) is 13.9. The van der Waals surface area contributed by atoms with Crippen LogP contribution in [0.5, 0.6) is 0 Å². The summed E-state index contributed by atoms with van der Waals surface area (Å²) in [4.78, 5) is 2.82. The molecule has 5 aromatic rings. The van der Waals surface area contributed by atoms with Crippen molar-refractivity contribution in [3.05, 3.63) is 77.5 Å². The standard InChI is InChI=1S/C32H32NS/c1-18(2)27-24-11-9-8-10-22(24)19(3)28-30-29-25(14-15-33(30)7)23-13-12-21(32(4,5)6)16-20(23)17-26(29)34-31(27)28/h8-18H,1-7H3/q+1. The molecule has 0 spiro atoms. The van der Waals surface area contributed by atoms with Crippen LogP contribution in [0.1, 0.15) is 57.2 Å². The molecule has 0 aliphatic carbocycles. The van der Waals surface area contributed by atoms with E-state index >= 15 is 0 Å². The Labute approximate surface area is 206 Å². The van der Waals surface area contributed by atoms with Crippen molar-refractivity contribution in [3.8, 4) is 11.3 Å². The molecule has 1 nitrogen and oxygen atoms in total. The van der Waals surface area contributed by atoms with Crippen LogP contribution >= 0.6 is 11.8 Å². The lowest BCUT2D eigenvalue weighted by Gasteiger charge is -2.26. The fourth-order valence-electron chi connectivity index (χ4n) is 5.79. The topological polar surface area (TPSA) is 3.88 Å². The molecule has 170 valence electrons. The Morgan fingerprint density at radius 2 is 1.59 bits per heavy atom. The van der Waals surface area contributed by atoms with E-state index in [1.165, 1.54) is 70.1 Å². The van der Waals surface area contributed by atoms with Gasteiger partial charge >= 0.3 is 0 Å². The van der Waals surface area contributed by atoms with Gasteiger partial charge in [-0.25, -0.2) is 4.57 Å². The molecular formula is C32H32NS+. The van der Waals surface area contributed by atoms with Gasteiger partial charge in [0, 0.05) is 21.2 Å². The highest BCUT2D eigenvalue weighted by Gasteiger charge is 2.33. The summed E-state index contributed by atoms with van der Waals surface area (Å²) in [5, 5.41) is 8.22. The first kappa shape index (κ1) is 21.7. The third-order valence-corrected chi connectivity index (χ3v) is 8.73. The van der Waals surface area contributed by atoms with Gasteiger partial charge in [-0.1, -0.05) is 88.8 Å². The van der Waals surface area contributed by atoms with Crippen molar-refractivity contribution >= 4 is 44.1 Å². The number of rotatable bonds is 1. The lowest BCUT2D eigenvalue weighted by atomic mass is 9.84. The number of hydrogen-bond donors (Lipinski definition) is 0. The number of pyridine rings is 1. The molecule has 0 bridgehead atoms. The summed E-state index contributed by atoms with van der Waals surface area (Å²) >= 11 is 1.98. The van der Waals surface area contributed by atoms with E-state index in [1.807, 2.05) is 11.8 Å². The summed E-state index contributed by atoms with van der Waals surface area (Å²) in [5.41, 5.74) is 7.16. The second-order valence-corrected chi connectivity index (χ2v) is 12.2. The van der Waals surface area contributed by atoms with Crippen molar-refractivity contribution in [2.24, 2.45) is 7.05 Å². The molecule has 1 aromatic heterocycles. The quantitative estimate of drug-likeness (QED) is 0.174. The number of nitrogens with zero attached hydrogens (tertiary/aromatic N) is 1. The van der Waals surface area contributed by atoms with E-state index in [-0.39, 0.29) is 5.41 Å². The van der Waals surface area contributed by atoms with Gasteiger partial charge in [0.1, 0.15) is 7.05 Å². The van der Waals surface area contributed by atoms with Gasteiger partial charge in [0.25, 0.3) is 0 Å². The minimum atomic E-state index is 0.134. The molecule has 0 saturated heterocycles. The molecule has 1 aliphatic heterocycles. The third kappa shape index (κ3) is 2.98. The first-order chi connectivity index (χ1) is 16.2. The van der Waals surface area contributed by atoms with Crippen LogP contribution in [-0.2, 0) is 12.5 Å². The average molecular weight is 463 g/mol. The van der Waals surface area contributed by atoms with Crippen molar-refractivity contribution in [3.63, 3.8) is 0 Å². The van der Waals surface area contributed by atoms with Crippen LogP contribution in [0, 0.1) is 6.92 Å². The van der Waals surface area contributed by atoms with Gasteiger partial charge in [-0.3, -0.25) is 0 Å². The molecule has 4 aromatic carbocycles. The Morgan fingerprint density at radius 3 is 2.29 bits per heavy atom. The van der Waals surface area contributed by atoms with Crippen LogP contribution in [-0.4, -0.2) is 0 Å². The third-order valence-electron chi connectivity index (χ3n) is 7.56. The second-order valence-electron chi connectivity index (χ2n) is 11.2. The SMILES string of the molecule is Cc1c2c(c(C(C)C)c3ccccc13)Sc1cc3cc(C(C)(C)C)ccc3c3cc[n+](C)c-2c13. The Morgan fingerprint density at radius 1 is 0.853 bits per heavy atom. The van der Waals surface area contributed by atoms with Crippen molar-refractivity contribution in [2.75, 3.05) is 0 Å². The maximum Gasteiger partial charge on any atom is 0.222 e. The Bertz CT molecular complexity index is 1650. The zero-order valence-corrected chi connectivity index (χ0v) is 22.0. The lowest BCUT2D eigenvalue weighted by molar-refractivity contribution is -0.659. The summed E-state index contributed by atoms with van der Waals surface area (Å²) in [7, 11) is 2.20. The maximum absolute atomic E-state index is 2.44. The number of fused-ring (bicyclic) bond motifs is 5. The van der Waals surface area contributed by atoms with E-state index in [1.54, 1.807) is 0 Å². The average Bonchev–Trinajstić information content (AvgIpc) is 2.79. The zero-order valence-electron chi connectivity index (χ0n) is 21.2. The normalized spacial score (nSPS) is 13.3. The maximum atomic E-state index is 2.44. The van der Waals surface area contributed by atoms with Gasteiger partial charge in [-0.15, -0.1) is 0 Å². The highest BCUT2D eigenvalue weighted by Crippen LogP contribution is 2.54. The van der Waals surface area contributed by atoms with E-state index in [4.69, 9.17) is 0 Å². The number of aromatic nitrogens is 1. The van der Waals surface area contributed by atoms with Crippen molar-refractivity contribution in [1.82, 2.24) is 0 Å². The van der Waals surface area contributed by atoms with E-state index in [2.05, 4.69) is 114 Å². The smallest absolute Gasteiger partial charge is 0.200 e. The summed E-state index contributed by atoms with van der Waals surface area (Å²) in [6, 6.07) is 20.8. The monoisotopic (exact) mass is 462 g/mol. The van der Waals surface area contributed by atoms with E-state index in [0.29, 0.717) is 5.92 Å². The minimum absolute atomic E-state index is 0.134. The first-order valence-corrected chi connectivity index (χ1v) is 13.1. The molecule has 1 aliphatic rings. The van der Waals surface area contributed by atoms with Gasteiger partial charge in [0.15, 0.2) is 6.20 Å². The molecule has 2 heteroatoms. The molecule has 0 radical (unpaired) electrons. The molecule has 0 fully saturated rings. The summed E-state index contributed by atoms with van der Waals surface area (Å²) < 4.78 is 2.34. The Kier molecular flexibility index (Phi) is 4.67. The van der Waals surface area contributed by atoms with Crippen LogP contribution in [0.2, 0.25) is 0 Å². The highest BCUT2D eigenvalue weighted by molar-refractivity contribution is 8.00. The van der Waals surface area contributed by atoms with Crippen molar-refractivity contribution in [1.29, 1.82) is 0 Å². The molecule has 0 amide bonds. The largest absolute Gasteiger partial charge is 0.222 e. The molecule has 0 saturated carbocycles. The Balaban J connectivity index is 1.79. The van der Waals surface area contributed by atoms with Gasteiger partial charge in [0.05, 0.1) is 10.9 Å². The lowest BCUT2D eigenvalue weighted by Crippen LogP contribution is -2.32. The molecule has 34 heavy (non-hydrogen) atoms.